The van der Waals surface area contributed by atoms with Crippen molar-refractivity contribution >= 4 is 17.8 Å². The highest BCUT2D eigenvalue weighted by Gasteiger charge is 2.38. The fourth-order valence-corrected chi connectivity index (χ4v) is 1.18. The zero-order valence-electron chi connectivity index (χ0n) is 13.0. The molecular weight excluding hydrogens is 347 g/mol. The van der Waals surface area contributed by atoms with Gasteiger partial charge in [0.05, 0.1) is 12.1 Å². The van der Waals surface area contributed by atoms with Gasteiger partial charge in [-0.1, -0.05) is 10.6 Å². The lowest BCUT2D eigenvalue weighted by atomic mass is 10.3. The van der Waals surface area contributed by atoms with E-state index in [0.29, 0.717) is 12.1 Å². The van der Waals surface area contributed by atoms with Crippen molar-refractivity contribution in [2.45, 2.75) is 26.1 Å². The monoisotopic (exact) mass is 362 g/mol. The van der Waals surface area contributed by atoms with Gasteiger partial charge in [0.15, 0.2) is 12.7 Å². The predicted octanol–water partition coefficient (Wildman–Crippen LogP) is 0.230. The van der Waals surface area contributed by atoms with E-state index in [0.717, 1.165) is 0 Å². The molecule has 0 bridgehead atoms. The average molecular weight is 362 g/mol. The third-order valence-electron chi connectivity index (χ3n) is 2.34. The number of aryl methyl sites for hydroxylation is 1. The highest BCUT2D eigenvalue weighted by Crippen LogP contribution is 2.13. The number of carboxylic acid groups (broad SMARTS) is 2. The first-order chi connectivity index (χ1) is 11.6. The number of hydrogen-bond donors (Lipinski definition) is 3. The van der Waals surface area contributed by atoms with Crippen LogP contribution in [0.2, 0.25) is 0 Å². The van der Waals surface area contributed by atoms with Crippen molar-refractivity contribution in [3.8, 4) is 11.8 Å². The Morgan fingerprint density at radius 1 is 1.32 bits per heavy atom. The summed E-state index contributed by atoms with van der Waals surface area (Å²) in [6.07, 6.45) is -2.12. The summed E-state index contributed by atoms with van der Waals surface area (Å²) in [7, 11) is 0. The molecule has 0 spiro atoms. The lowest BCUT2D eigenvalue weighted by Gasteiger charge is -1.99. The van der Waals surface area contributed by atoms with Gasteiger partial charge in [-0.25, -0.2) is 4.79 Å². The van der Waals surface area contributed by atoms with E-state index in [2.05, 4.69) is 22.3 Å². The topological polar surface area (TPSA) is 120 Å². The molecule has 11 heteroatoms. The Hall–Kier alpha value is -3.16. The summed E-state index contributed by atoms with van der Waals surface area (Å²) >= 11 is 0. The normalized spacial score (nSPS) is 9.76. The molecule has 1 aromatic rings. The van der Waals surface area contributed by atoms with Gasteiger partial charge in [-0.3, -0.25) is 9.59 Å². The molecule has 25 heavy (non-hydrogen) atoms. The zero-order chi connectivity index (χ0) is 19.5. The van der Waals surface area contributed by atoms with Crippen LogP contribution >= 0.6 is 0 Å². The molecule has 136 valence electrons. The van der Waals surface area contributed by atoms with Gasteiger partial charge in [0.1, 0.15) is 12.6 Å². The number of nitrogens with one attached hydrogen (secondary N) is 1. The Morgan fingerprint density at radius 3 is 2.32 bits per heavy atom. The molecule has 0 radical (unpaired) electrons. The number of nitrogens with zero attached hydrogens (tertiary/aromatic N) is 2. The van der Waals surface area contributed by atoms with Crippen molar-refractivity contribution in [3.05, 3.63) is 24.0 Å². The molecule has 8 nitrogen and oxygen atoms in total. The summed E-state index contributed by atoms with van der Waals surface area (Å²) < 4.78 is 33.2. The maximum Gasteiger partial charge on any atom is 0.490 e. The molecule has 0 atom stereocenters. The van der Waals surface area contributed by atoms with Gasteiger partial charge in [0, 0.05) is 6.07 Å². The smallest absolute Gasteiger partial charge is 0.481 e. The second kappa shape index (κ2) is 10.6. The van der Waals surface area contributed by atoms with Crippen LogP contribution in [0.5, 0.6) is 0 Å². The molecule has 0 aromatic carbocycles. The van der Waals surface area contributed by atoms with E-state index in [1.165, 1.54) is 10.9 Å². The molecule has 0 fully saturated rings. The number of aliphatic carboxylic acids is 2. The molecule has 0 aliphatic rings. The molecule has 0 aliphatic heterocycles. The second-order valence-corrected chi connectivity index (χ2v) is 4.23. The van der Waals surface area contributed by atoms with Gasteiger partial charge in [0.25, 0.3) is 5.91 Å². The van der Waals surface area contributed by atoms with Crippen LogP contribution in [0.3, 0.4) is 0 Å². The van der Waals surface area contributed by atoms with Crippen LogP contribution in [0, 0.1) is 11.8 Å². The van der Waals surface area contributed by atoms with E-state index < -0.39 is 18.1 Å². The fourth-order valence-electron chi connectivity index (χ4n) is 1.18. The lowest BCUT2D eigenvalue weighted by Crippen LogP contribution is -2.39. The first-order valence-corrected chi connectivity index (χ1v) is 6.63. The van der Waals surface area contributed by atoms with Crippen LogP contribution in [0.4, 0.5) is 13.2 Å². The zero-order valence-corrected chi connectivity index (χ0v) is 13.0. The molecule has 0 aliphatic carbocycles. The Balaban J connectivity index is 0.000000697. The van der Waals surface area contributed by atoms with Gasteiger partial charge in [0.2, 0.25) is 0 Å². The SMILES string of the molecule is CC#CCNC(=O)c1cc[n+](CCC(=O)O)nc1.O=C(O)C(F)(F)F. The Labute approximate surface area is 140 Å². The van der Waals surface area contributed by atoms with Crippen LogP contribution in [0.15, 0.2) is 18.5 Å². The number of amides is 1. The van der Waals surface area contributed by atoms with E-state index >= 15 is 0 Å². The number of carboxylic acids is 2. The molecule has 1 aromatic heterocycles. The number of hydrogen-bond acceptors (Lipinski definition) is 4. The van der Waals surface area contributed by atoms with Crippen molar-refractivity contribution in [2.75, 3.05) is 6.54 Å². The van der Waals surface area contributed by atoms with E-state index in [1.807, 2.05) is 0 Å². The molecule has 1 heterocycles. The molecule has 0 unspecified atom stereocenters. The first-order valence-electron chi connectivity index (χ1n) is 6.63. The third kappa shape index (κ3) is 10.3. The number of aromatic nitrogens is 2. The number of alkyl halides is 3. The van der Waals surface area contributed by atoms with Crippen molar-refractivity contribution < 1.29 is 42.4 Å². The van der Waals surface area contributed by atoms with Crippen molar-refractivity contribution in [1.29, 1.82) is 0 Å². The van der Waals surface area contributed by atoms with Gasteiger partial charge >= 0.3 is 18.1 Å². The first kappa shape index (κ1) is 21.8. The number of halogens is 3. The molecule has 3 N–H and O–H groups in total. The van der Waals surface area contributed by atoms with Gasteiger partial charge in [-0.15, -0.1) is 5.92 Å². The standard InChI is InChI=1S/C12H13N3O3.C2HF3O2/c1-2-3-6-13-12(18)10-4-7-15(14-9-10)8-5-11(16)17;3-2(4,5)1(6)7/h4,7,9H,5-6,8H2,1H3,(H-,13,16,17,18);(H,6,7)/p+1. The van der Waals surface area contributed by atoms with Crippen LogP contribution in [-0.2, 0) is 16.1 Å². The second-order valence-electron chi connectivity index (χ2n) is 4.23. The van der Waals surface area contributed by atoms with Crippen molar-refractivity contribution in [1.82, 2.24) is 10.4 Å². The molecule has 1 rings (SSSR count). The fraction of sp³-hybridized carbons (Fsp3) is 0.357. The predicted molar refractivity (Wildman–Crippen MR) is 76.2 cm³/mol. The summed E-state index contributed by atoms with van der Waals surface area (Å²) in [5.74, 6) is 1.50. The maximum absolute atomic E-state index is 11.6. The molecule has 0 saturated heterocycles. The third-order valence-corrected chi connectivity index (χ3v) is 2.34. The molecular formula is C14H15F3N3O5+. The minimum Gasteiger partial charge on any atom is -0.481 e. The summed E-state index contributed by atoms with van der Waals surface area (Å²) in [5, 5.41) is 22.2. The lowest BCUT2D eigenvalue weighted by molar-refractivity contribution is -0.753. The largest absolute Gasteiger partial charge is 0.490 e. The summed E-state index contributed by atoms with van der Waals surface area (Å²) in [5.41, 5.74) is 0.416. The van der Waals surface area contributed by atoms with E-state index in [4.69, 9.17) is 15.0 Å². The van der Waals surface area contributed by atoms with Crippen LogP contribution in [0.1, 0.15) is 23.7 Å². The van der Waals surface area contributed by atoms with Crippen molar-refractivity contribution in [2.24, 2.45) is 0 Å². The Kier molecular flexibility index (Phi) is 9.25. The Morgan fingerprint density at radius 2 is 1.92 bits per heavy atom. The quantitative estimate of drug-likeness (QED) is 0.509. The average Bonchev–Trinajstić information content (AvgIpc) is 2.53. The van der Waals surface area contributed by atoms with Gasteiger partial charge in [-0.2, -0.15) is 13.2 Å². The van der Waals surface area contributed by atoms with Gasteiger partial charge < -0.3 is 15.5 Å². The molecule has 0 saturated carbocycles. The minimum atomic E-state index is -5.08. The van der Waals surface area contributed by atoms with Crippen molar-refractivity contribution in [3.63, 3.8) is 0 Å². The van der Waals surface area contributed by atoms with Gasteiger partial charge in [-0.05, 0) is 12.0 Å². The maximum atomic E-state index is 11.6. The summed E-state index contributed by atoms with van der Waals surface area (Å²) in [6, 6.07) is 1.59. The van der Waals surface area contributed by atoms with E-state index in [1.54, 1.807) is 19.2 Å². The molecule has 1 amide bonds. The highest BCUT2D eigenvalue weighted by atomic mass is 19.4. The van der Waals surface area contributed by atoms with Crippen LogP contribution in [-0.4, -0.2) is 45.9 Å². The van der Waals surface area contributed by atoms with E-state index in [9.17, 15) is 22.8 Å². The highest BCUT2D eigenvalue weighted by molar-refractivity contribution is 5.93. The summed E-state index contributed by atoms with van der Waals surface area (Å²) in [6.45, 7) is 2.27. The van der Waals surface area contributed by atoms with E-state index in [-0.39, 0.29) is 18.9 Å². The number of carbonyl (C=O) groups excluding carboxylic acids is 1. The van der Waals surface area contributed by atoms with Crippen LogP contribution < -0.4 is 10.00 Å². The minimum absolute atomic E-state index is 0.00466. The number of rotatable bonds is 5. The number of carbonyl (C=O) groups is 3. The Bertz CT molecular complexity index is 663. The van der Waals surface area contributed by atoms with Crippen LogP contribution in [0.25, 0.3) is 0 Å². The summed E-state index contributed by atoms with van der Waals surface area (Å²) in [4.78, 5) is 30.8.